The zero-order valence-electron chi connectivity index (χ0n) is 12.9. The number of ether oxygens (including phenoxy) is 1. The Kier molecular flexibility index (Phi) is 6.46. The molecule has 0 aliphatic rings. The predicted molar refractivity (Wildman–Crippen MR) is 82.1 cm³/mol. The Morgan fingerprint density at radius 2 is 1.80 bits per heavy atom. The molecule has 0 bridgehead atoms. The predicted octanol–water partition coefficient (Wildman–Crippen LogP) is 3.16. The van der Waals surface area contributed by atoms with Crippen molar-refractivity contribution in [2.45, 2.75) is 27.3 Å². The van der Waals surface area contributed by atoms with Crippen molar-refractivity contribution in [2.24, 2.45) is 0 Å². The van der Waals surface area contributed by atoms with Crippen LogP contribution in [0.4, 0.5) is 0 Å². The summed E-state index contributed by atoms with van der Waals surface area (Å²) in [5.74, 6) is -0.296. The minimum Gasteiger partial charge on any atom is -0.456 e. The van der Waals surface area contributed by atoms with E-state index in [0.717, 1.165) is 30.7 Å². The number of hydrogen-bond donors (Lipinski definition) is 0. The van der Waals surface area contributed by atoms with E-state index in [1.165, 1.54) is 5.56 Å². The largest absolute Gasteiger partial charge is 0.456 e. The van der Waals surface area contributed by atoms with Gasteiger partial charge in [0.15, 0.2) is 0 Å². The summed E-state index contributed by atoms with van der Waals surface area (Å²) in [6.07, 6.45) is 0. The minimum atomic E-state index is -0.296. The minimum absolute atomic E-state index is 0.296. The molecule has 0 atom stereocenters. The van der Waals surface area contributed by atoms with Crippen LogP contribution in [0, 0.1) is 0 Å². The van der Waals surface area contributed by atoms with Crippen LogP contribution in [-0.4, -0.2) is 36.7 Å². The van der Waals surface area contributed by atoms with E-state index >= 15 is 0 Å². The van der Waals surface area contributed by atoms with E-state index in [4.69, 9.17) is 4.74 Å². The number of likely N-dealkylation sites (N-methyl/N-ethyl adjacent to an activating group) is 1. The summed E-state index contributed by atoms with van der Waals surface area (Å²) in [6.45, 7) is 13.9. The summed E-state index contributed by atoms with van der Waals surface area (Å²) in [5, 5.41) is 0. The molecule has 0 N–H and O–H groups in total. The fourth-order valence-corrected chi connectivity index (χ4v) is 2.27. The van der Waals surface area contributed by atoms with Gasteiger partial charge in [-0.3, -0.25) is 0 Å². The molecule has 3 nitrogen and oxygen atoms in total. The highest BCUT2D eigenvalue weighted by Crippen LogP contribution is 2.14. The maximum atomic E-state index is 11.4. The van der Waals surface area contributed by atoms with E-state index in [1.54, 1.807) is 6.92 Å². The first-order chi connectivity index (χ1) is 9.53. The summed E-state index contributed by atoms with van der Waals surface area (Å²) >= 11 is 0. The average molecular weight is 276 g/mol. The SMILES string of the molecule is C=C(C)C(=O)OCC[N+](CC)(CC)Cc1ccccc1. The van der Waals surface area contributed by atoms with E-state index in [9.17, 15) is 4.79 Å². The van der Waals surface area contributed by atoms with Gasteiger partial charge in [0.25, 0.3) is 0 Å². The van der Waals surface area contributed by atoms with Gasteiger partial charge >= 0.3 is 5.97 Å². The third kappa shape index (κ3) is 4.82. The Bertz CT molecular complexity index is 436. The van der Waals surface area contributed by atoms with Gasteiger partial charge in [0, 0.05) is 11.1 Å². The Hall–Kier alpha value is -1.61. The summed E-state index contributed by atoms with van der Waals surface area (Å²) in [5.41, 5.74) is 1.78. The van der Waals surface area contributed by atoms with Crippen LogP contribution in [0.25, 0.3) is 0 Å². The quantitative estimate of drug-likeness (QED) is 0.414. The summed E-state index contributed by atoms with van der Waals surface area (Å²) in [6, 6.07) is 10.5. The molecule has 110 valence electrons. The number of hydrogen-bond acceptors (Lipinski definition) is 2. The zero-order valence-corrected chi connectivity index (χ0v) is 12.9. The van der Waals surface area contributed by atoms with Crippen LogP contribution in [0.1, 0.15) is 26.3 Å². The van der Waals surface area contributed by atoms with Crippen molar-refractivity contribution in [1.29, 1.82) is 0 Å². The zero-order chi connectivity index (χ0) is 15.0. The maximum Gasteiger partial charge on any atom is 0.333 e. The normalized spacial score (nSPS) is 11.2. The highest BCUT2D eigenvalue weighted by atomic mass is 16.5. The lowest BCUT2D eigenvalue weighted by atomic mass is 10.2. The van der Waals surface area contributed by atoms with Gasteiger partial charge in [0.2, 0.25) is 0 Å². The fourth-order valence-electron chi connectivity index (χ4n) is 2.27. The molecule has 20 heavy (non-hydrogen) atoms. The van der Waals surface area contributed by atoms with E-state index in [0.29, 0.717) is 12.2 Å². The van der Waals surface area contributed by atoms with Gasteiger partial charge in [-0.1, -0.05) is 36.9 Å². The van der Waals surface area contributed by atoms with Crippen LogP contribution < -0.4 is 0 Å². The number of nitrogens with zero attached hydrogens (tertiary/aromatic N) is 1. The Morgan fingerprint density at radius 1 is 1.20 bits per heavy atom. The molecule has 0 amide bonds. The number of carbonyl (C=O) groups is 1. The average Bonchev–Trinajstić information content (AvgIpc) is 2.47. The molecule has 0 fully saturated rings. The maximum absolute atomic E-state index is 11.4. The van der Waals surface area contributed by atoms with Gasteiger partial charge in [0.05, 0.1) is 13.1 Å². The van der Waals surface area contributed by atoms with E-state index in [2.05, 4.69) is 44.7 Å². The van der Waals surface area contributed by atoms with Crippen molar-refractivity contribution >= 4 is 5.97 Å². The van der Waals surface area contributed by atoms with Gasteiger partial charge in [-0.25, -0.2) is 4.79 Å². The Morgan fingerprint density at radius 3 is 2.30 bits per heavy atom. The molecular formula is C17H26NO2+. The first kappa shape index (κ1) is 16.4. The summed E-state index contributed by atoms with van der Waals surface area (Å²) in [4.78, 5) is 11.4. The molecule has 3 heteroatoms. The second-order valence-corrected chi connectivity index (χ2v) is 5.26. The summed E-state index contributed by atoms with van der Waals surface area (Å²) < 4.78 is 6.17. The second kappa shape index (κ2) is 7.85. The summed E-state index contributed by atoms with van der Waals surface area (Å²) in [7, 11) is 0. The van der Waals surface area contributed by atoms with E-state index in [1.807, 2.05) is 6.07 Å². The third-order valence-corrected chi connectivity index (χ3v) is 3.85. The lowest BCUT2D eigenvalue weighted by Gasteiger charge is -2.36. The van der Waals surface area contributed by atoms with Crippen molar-refractivity contribution in [3.05, 3.63) is 48.0 Å². The van der Waals surface area contributed by atoms with E-state index < -0.39 is 0 Å². The molecule has 0 spiro atoms. The van der Waals surface area contributed by atoms with E-state index in [-0.39, 0.29) is 5.97 Å². The topological polar surface area (TPSA) is 26.3 Å². The number of rotatable bonds is 8. The first-order valence-electron chi connectivity index (χ1n) is 7.24. The molecule has 0 unspecified atom stereocenters. The molecule has 0 aromatic heterocycles. The number of esters is 1. The second-order valence-electron chi connectivity index (χ2n) is 5.26. The number of benzene rings is 1. The molecule has 0 radical (unpaired) electrons. The van der Waals surface area contributed by atoms with Gasteiger partial charge < -0.3 is 9.22 Å². The molecular weight excluding hydrogens is 250 g/mol. The third-order valence-electron chi connectivity index (χ3n) is 3.85. The lowest BCUT2D eigenvalue weighted by molar-refractivity contribution is -0.937. The number of carbonyl (C=O) groups excluding carboxylic acids is 1. The van der Waals surface area contributed by atoms with Crippen LogP contribution >= 0.6 is 0 Å². The van der Waals surface area contributed by atoms with Crippen molar-refractivity contribution in [2.75, 3.05) is 26.2 Å². The van der Waals surface area contributed by atoms with Crippen molar-refractivity contribution < 1.29 is 14.0 Å². The first-order valence-corrected chi connectivity index (χ1v) is 7.24. The monoisotopic (exact) mass is 276 g/mol. The highest BCUT2D eigenvalue weighted by molar-refractivity contribution is 5.86. The van der Waals surface area contributed by atoms with Crippen LogP contribution in [0.15, 0.2) is 42.5 Å². The molecule has 0 aliphatic carbocycles. The van der Waals surface area contributed by atoms with Gasteiger partial charge in [-0.05, 0) is 20.8 Å². The van der Waals surface area contributed by atoms with Gasteiger partial charge in [-0.2, -0.15) is 0 Å². The number of quaternary nitrogens is 1. The Balaban J connectivity index is 2.62. The molecule has 1 rings (SSSR count). The van der Waals surface area contributed by atoms with Crippen LogP contribution in [-0.2, 0) is 16.1 Å². The van der Waals surface area contributed by atoms with Gasteiger partial charge in [-0.15, -0.1) is 0 Å². The van der Waals surface area contributed by atoms with Gasteiger partial charge in [0.1, 0.15) is 19.7 Å². The molecule has 0 saturated carbocycles. The Labute approximate surface area is 122 Å². The molecule has 0 aliphatic heterocycles. The van der Waals surface area contributed by atoms with Crippen LogP contribution in [0.2, 0.25) is 0 Å². The molecule has 1 aromatic rings. The van der Waals surface area contributed by atoms with Crippen molar-refractivity contribution in [3.63, 3.8) is 0 Å². The van der Waals surface area contributed by atoms with Crippen LogP contribution in [0.5, 0.6) is 0 Å². The molecule has 1 aromatic carbocycles. The highest BCUT2D eigenvalue weighted by Gasteiger charge is 2.24. The van der Waals surface area contributed by atoms with Crippen molar-refractivity contribution in [3.8, 4) is 0 Å². The molecule has 0 heterocycles. The molecule has 0 saturated heterocycles. The van der Waals surface area contributed by atoms with Crippen LogP contribution in [0.3, 0.4) is 0 Å². The lowest BCUT2D eigenvalue weighted by Crippen LogP contribution is -2.49. The van der Waals surface area contributed by atoms with Crippen molar-refractivity contribution in [1.82, 2.24) is 0 Å². The fraction of sp³-hybridized carbons (Fsp3) is 0.471. The standard InChI is InChI=1S/C17H26NO2/c1-5-18(6-2,12-13-20-17(19)15(3)4)14-16-10-8-7-9-11-16/h7-11H,3,5-6,12-14H2,1-2,4H3/q+1. The smallest absolute Gasteiger partial charge is 0.333 e.